The monoisotopic (exact) mass is 309 g/mol. The normalized spacial score (nSPS) is 10.3. The Kier molecular flexibility index (Phi) is 3.66. The van der Waals surface area contributed by atoms with E-state index in [9.17, 15) is 4.79 Å². The summed E-state index contributed by atoms with van der Waals surface area (Å²) in [5.41, 5.74) is 7.37. The first-order valence-electron chi connectivity index (χ1n) is 5.40. The fourth-order valence-electron chi connectivity index (χ4n) is 1.46. The maximum atomic E-state index is 11.6. The van der Waals surface area contributed by atoms with Gasteiger partial charge in [-0.2, -0.15) is 5.10 Å². The molecule has 0 saturated heterocycles. The van der Waals surface area contributed by atoms with Gasteiger partial charge in [0.15, 0.2) is 5.69 Å². The zero-order chi connectivity index (χ0) is 13.1. The van der Waals surface area contributed by atoms with Crippen molar-refractivity contribution in [2.45, 2.75) is 6.92 Å². The van der Waals surface area contributed by atoms with Gasteiger partial charge in [0.25, 0.3) is 0 Å². The molecule has 0 aliphatic rings. The quantitative estimate of drug-likeness (QED) is 0.698. The minimum absolute atomic E-state index is 0.264. The van der Waals surface area contributed by atoms with Gasteiger partial charge in [-0.05, 0) is 47.1 Å². The third-order valence-corrected chi connectivity index (χ3v) is 2.85. The van der Waals surface area contributed by atoms with Crippen molar-refractivity contribution in [3.8, 4) is 5.69 Å². The highest BCUT2D eigenvalue weighted by atomic mass is 79.9. The standard InChI is InChI=1S/C12H12BrN3O2/c1-2-18-12(17)10-7-11(13)16(15-10)9-5-3-8(14)4-6-9/h3-7H,2,14H2,1H3. The molecule has 1 aromatic carbocycles. The van der Waals surface area contributed by atoms with Crippen LogP contribution in [0.2, 0.25) is 0 Å². The summed E-state index contributed by atoms with van der Waals surface area (Å²) in [6.45, 7) is 2.08. The summed E-state index contributed by atoms with van der Waals surface area (Å²) in [7, 11) is 0. The molecule has 1 aromatic heterocycles. The van der Waals surface area contributed by atoms with E-state index in [0.29, 0.717) is 16.9 Å². The third-order valence-electron chi connectivity index (χ3n) is 2.29. The molecule has 2 rings (SSSR count). The summed E-state index contributed by atoms with van der Waals surface area (Å²) in [5, 5.41) is 4.18. The Morgan fingerprint density at radius 1 is 1.44 bits per heavy atom. The molecule has 1 heterocycles. The van der Waals surface area contributed by atoms with E-state index in [1.807, 2.05) is 12.1 Å². The number of esters is 1. The van der Waals surface area contributed by atoms with E-state index in [1.54, 1.807) is 29.8 Å². The second-order valence-electron chi connectivity index (χ2n) is 3.58. The van der Waals surface area contributed by atoms with E-state index in [2.05, 4.69) is 21.0 Å². The SMILES string of the molecule is CCOC(=O)c1cc(Br)n(-c2ccc(N)cc2)n1. The van der Waals surface area contributed by atoms with Crippen LogP contribution in [-0.4, -0.2) is 22.4 Å². The molecule has 0 saturated carbocycles. The summed E-state index contributed by atoms with van der Waals surface area (Å²) in [6.07, 6.45) is 0. The average Bonchev–Trinajstić information content (AvgIpc) is 2.73. The van der Waals surface area contributed by atoms with Gasteiger partial charge in [-0.1, -0.05) is 0 Å². The zero-order valence-corrected chi connectivity index (χ0v) is 11.3. The van der Waals surface area contributed by atoms with Gasteiger partial charge >= 0.3 is 5.97 Å². The largest absolute Gasteiger partial charge is 0.461 e. The second-order valence-corrected chi connectivity index (χ2v) is 4.39. The van der Waals surface area contributed by atoms with Crippen molar-refractivity contribution >= 4 is 27.6 Å². The summed E-state index contributed by atoms with van der Waals surface area (Å²) >= 11 is 3.35. The molecular formula is C12H12BrN3O2. The van der Waals surface area contributed by atoms with Crippen molar-refractivity contribution in [3.63, 3.8) is 0 Å². The first-order valence-corrected chi connectivity index (χ1v) is 6.19. The highest BCUT2D eigenvalue weighted by Crippen LogP contribution is 2.19. The van der Waals surface area contributed by atoms with Crippen molar-refractivity contribution in [1.82, 2.24) is 9.78 Å². The number of aromatic nitrogens is 2. The van der Waals surface area contributed by atoms with Gasteiger partial charge in [0.1, 0.15) is 4.60 Å². The van der Waals surface area contributed by atoms with Crippen LogP contribution >= 0.6 is 15.9 Å². The van der Waals surface area contributed by atoms with Gasteiger partial charge in [0.2, 0.25) is 0 Å². The summed E-state index contributed by atoms with van der Waals surface area (Å²) in [5.74, 6) is -0.438. The van der Waals surface area contributed by atoms with Crippen LogP contribution in [-0.2, 0) is 4.74 Å². The lowest BCUT2D eigenvalue weighted by Crippen LogP contribution is -2.06. The third kappa shape index (κ3) is 2.53. The van der Waals surface area contributed by atoms with Crippen LogP contribution in [0.5, 0.6) is 0 Å². The molecule has 0 unspecified atom stereocenters. The van der Waals surface area contributed by atoms with E-state index < -0.39 is 5.97 Å². The zero-order valence-electron chi connectivity index (χ0n) is 9.76. The fraction of sp³-hybridized carbons (Fsp3) is 0.167. The lowest BCUT2D eigenvalue weighted by Gasteiger charge is -2.03. The first-order chi connectivity index (χ1) is 8.61. The molecule has 0 aliphatic carbocycles. The van der Waals surface area contributed by atoms with E-state index in [1.165, 1.54) is 0 Å². The Bertz CT molecular complexity index is 563. The number of halogens is 1. The highest BCUT2D eigenvalue weighted by molar-refractivity contribution is 9.10. The van der Waals surface area contributed by atoms with Crippen LogP contribution < -0.4 is 5.73 Å². The molecule has 0 atom stereocenters. The summed E-state index contributed by atoms with van der Waals surface area (Å²) in [6, 6.07) is 8.80. The van der Waals surface area contributed by atoms with Crippen molar-refractivity contribution in [1.29, 1.82) is 0 Å². The van der Waals surface area contributed by atoms with Crippen LogP contribution in [0.3, 0.4) is 0 Å². The Hall–Kier alpha value is -1.82. The lowest BCUT2D eigenvalue weighted by atomic mass is 10.3. The highest BCUT2D eigenvalue weighted by Gasteiger charge is 2.14. The van der Waals surface area contributed by atoms with Crippen LogP contribution in [0, 0.1) is 0 Å². The summed E-state index contributed by atoms with van der Waals surface area (Å²) in [4.78, 5) is 11.6. The van der Waals surface area contributed by atoms with E-state index in [4.69, 9.17) is 10.5 Å². The topological polar surface area (TPSA) is 70.1 Å². The van der Waals surface area contributed by atoms with Crippen molar-refractivity contribution in [3.05, 3.63) is 40.6 Å². The number of carbonyl (C=O) groups excluding carboxylic acids is 1. The number of rotatable bonds is 3. The van der Waals surface area contributed by atoms with Gasteiger partial charge in [-0.3, -0.25) is 0 Å². The molecule has 0 bridgehead atoms. The maximum absolute atomic E-state index is 11.6. The van der Waals surface area contributed by atoms with Gasteiger partial charge in [0.05, 0.1) is 12.3 Å². The number of anilines is 1. The number of nitrogen functional groups attached to an aromatic ring is 1. The Morgan fingerprint density at radius 3 is 2.72 bits per heavy atom. The van der Waals surface area contributed by atoms with E-state index >= 15 is 0 Å². The van der Waals surface area contributed by atoms with Crippen LogP contribution in [0.1, 0.15) is 17.4 Å². The fourth-order valence-corrected chi connectivity index (χ4v) is 1.96. The van der Waals surface area contributed by atoms with Gasteiger partial charge in [0, 0.05) is 11.8 Å². The van der Waals surface area contributed by atoms with E-state index in [0.717, 1.165) is 5.69 Å². The van der Waals surface area contributed by atoms with Gasteiger partial charge in [-0.15, -0.1) is 0 Å². The molecular weight excluding hydrogens is 298 g/mol. The molecule has 0 fully saturated rings. The smallest absolute Gasteiger partial charge is 0.358 e. The minimum Gasteiger partial charge on any atom is -0.461 e. The maximum Gasteiger partial charge on any atom is 0.358 e. The summed E-state index contributed by atoms with van der Waals surface area (Å²) < 4.78 is 7.17. The minimum atomic E-state index is -0.438. The number of nitrogens with zero attached hydrogens (tertiary/aromatic N) is 2. The molecule has 2 N–H and O–H groups in total. The van der Waals surface area contributed by atoms with E-state index in [-0.39, 0.29) is 5.69 Å². The van der Waals surface area contributed by atoms with Gasteiger partial charge in [-0.25, -0.2) is 9.48 Å². The predicted octanol–water partition coefficient (Wildman–Crippen LogP) is 2.39. The number of ether oxygens (including phenoxy) is 1. The number of hydrogen-bond acceptors (Lipinski definition) is 4. The molecule has 18 heavy (non-hydrogen) atoms. The predicted molar refractivity (Wildman–Crippen MR) is 71.6 cm³/mol. The van der Waals surface area contributed by atoms with Crippen molar-refractivity contribution in [2.24, 2.45) is 0 Å². The molecule has 0 radical (unpaired) electrons. The molecule has 0 aliphatic heterocycles. The number of nitrogens with two attached hydrogens (primary N) is 1. The first kappa shape index (κ1) is 12.6. The molecule has 2 aromatic rings. The molecule has 0 amide bonds. The lowest BCUT2D eigenvalue weighted by molar-refractivity contribution is 0.0519. The number of carbonyl (C=O) groups is 1. The van der Waals surface area contributed by atoms with Crippen molar-refractivity contribution < 1.29 is 9.53 Å². The Morgan fingerprint density at radius 2 is 2.11 bits per heavy atom. The molecule has 6 heteroatoms. The Balaban J connectivity index is 2.34. The van der Waals surface area contributed by atoms with Crippen LogP contribution in [0.4, 0.5) is 5.69 Å². The average molecular weight is 310 g/mol. The van der Waals surface area contributed by atoms with Crippen LogP contribution in [0.15, 0.2) is 34.9 Å². The molecule has 5 nitrogen and oxygen atoms in total. The second kappa shape index (κ2) is 5.22. The molecule has 94 valence electrons. The number of benzene rings is 1. The Labute approximate surface area is 113 Å². The van der Waals surface area contributed by atoms with Crippen LogP contribution in [0.25, 0.3) is 5.69 Å². The van der Waals surface area contributed by atoms with Gasteiger partial charge < -0.3 is 10.5 Å². The number of hydrogen-bond donors (Lipinski definition) is 1. The molecule has 0 spiro atoms. The van der Waals surface area contributed by atoms with Crippen molar-refractivity contribution in [2.75, 3.05) is 12.3 Å².